The van der Waals surface area contributed by atoms with Crippen LogP contribution in [0.1, 0.15) is 57.8 Å². The molecular formula is C16H22O6. The lowest BCUT2D eigenvalue weighted by Gasteiger charge is -2.27. The normalized spacial score (nSPS) is 27.4. The number of ketones is 2. The van der Waals surface area contributed by atoms with Crippen molar-refractivity contribution in [3.05, 3.63) is 0 Å². The molecule has 1 heterocycles. The van der Waals surface area contributed by atoms with Crippen molar-refractivity contribution in [3.63, 3.8) is 0 Å². The van der Waals surface area contributed by atoms with Crippen LogP contribution in [0.3, 0.4) is 0 Å². The number of ether oxygens (including phenoxy) is 1. The van der Waals surface area contributed by atoms with E-state index in [1.165, 1.54) is 0 Å². The van der Waals surface area contributed by atoms with Crippen LogP contribution in [0.2, 0.25) is 0 Å². The highest BCUT2D eigenvalue weighted by molar-refractivity contribution is 5.86. The van der Waals surface area contributed by atoms with Gasteiger partial charge >= 0.3 is 11.9 Å². The van der Waals surface area contributed by atoms with Gasteiger partial charge in [-0.3, -0.25) is 19.2 Å². The van der Waals surface area contributed by atoms with E-state index in [0.29, 0.717) is 44.9 Å². The molecule has 1 saturated carbocycles. The third-order valence-corrected chi connectivity index (χ3v) is 4.61. The van der Waals surface area contributed by atoms with Crippen molar-refractivity contribution >= 4 is 23.5 Å². The van der Waals surface area contributed by atoms with Gasteiger partial charge in [0.1, 0.15) is 17.7 Å². The summed E-state index contributed by atoms with van der Waals surface area (Å²) in [6.45, 7) is 0. The number of esters is 1. The van der Waals surface area contributed by atoms with Gasteiger partial charge in [-0.2, -0.15) is 0 Å². The monoisotopic (exact) mass is 310 g/mol. The van der Waals surface area contributed by atoms with Crippen LogP contribution >= 0.6 is 0 Å². The van der Waals surface area contributed by atoms with E-state index < -0.39 is 5.97 Å². The highest BCUT2D eigenvalue weighted by Crippen LogP contribution is 2.40. The number of carbonyl (C=O) groups excluding carboxylic acids is 3. The van der Waals surface area contributed by atoms with E-state index in [4.69, 9.17) is 9.84 Å². The number of carboxylic acids is 1. The standard InChI is InChI=1S/C16H22O6/c17-10(3-1-2-4-15(19)20)5-6-11-12-7-8-16(21)22-14(12)9-13(11)18/h11-12,14H,1-9H2,(H,19,20)/t11-,12-,14+/m1/s1. The van der Waals surface area contributed by atoms with Gasteiger partial charge in [0.15, 0.2) is 0 Å². The molecule has 0 aromatic heterocycles. The van der Waals surface area contributed by atoms with Crippen molar-refractivity contribution in [1.29, 1.82) is 0 Å². The SMILES string of the molecule is O=C(O)CCCCC(=O)CC[C@H]1C(=O)C[C@@H]2OC(=O)CC[C@@H]21. The Morgan fingerprint density at radius 2 is 1.86 bits per heavy atom. The Balaban J connectivity index is 1.72. The second-order valence-electron chi connectivity index (χ2n) is 6.19. The number of carboxylic acid groups (broad SMARTS) is 1. The lowest BCUT2D eigenvalue weighted by Crippen LogP contribution is -2.31. The van der Waals surface area contributed by atoms with E-state index >= 15 is 0 Å². The van der Waals surface area contributed by atoms with Gasteiger partial charge in [-0.15, -0.1) is 0 Å². The number of hydrogen-bond acceptors (Lipinski definition) is 5. The molecule has 2 rings (SSSR count). The van der Waals surface area contributed by atoms with Crippen LogP contribution in [0.25, 0.3) is 0 Å². The number of unbranched alkanes of at least 4 members (excludes halogenated alkanes) is 1. The Kier molecular flexibility index (Phi) is 5.69. The number of aliphatic carboxylic acids is 1. The van der Waals surface area contributed by atoms with Gasteiger partial charge < -0.3 is 9.84 Å². The van der Waals surface area contributed by atoms with Crippen molar-refractivity contribution in [2.75, 3.05) is 0 Å². The van der Waals surface area contributed by atoms with Gasteiger partial charge in [0.05, 0.1) is 0 Å². The highest BCUT2D eigenvalue weighted by Gasteiger charge is 2.46. The Morgan fingerprint density at radius 3 is 2.59 bits per heavy atom. The van der Waals surface area contributed by atoms with Gasteiger partial charge in [0, 0.05) is 43.9 Å². The summed E-state index contributed by atoms with van der Waals surface area (Å²) in [6, 6.07) is 0. The minimum absolute atomic E-state index is 0.0741. The molecule has 1 saturated heterocycles. The van der Waals surface area contributed by atoms with Crippen molar-refractivity contribution in [2.24, 2.45) is 11.8 Å². The molecule has 0 aromatic carbocycles. The number of fused-ring (bicyclic) bond motifs is 1. The van der Waals surface area contributed by atoms with E-state index in [-0.39, 0.29) is 48.3 Å². The molecule has 6 heteroatoms. The molecule has 122 valence electrons. The molecule has 0 spiro atoms. The van der Waals surface area contributed by atoms with Crippen LogP contribution in [0, 0.1) is 11.8 Å². The molecule has 0 bridgehead atoms. The first-order valence-corrected chi connectivity index (χ1v) is 7.93. The molecular weight excluding hydrogens is 288 g/mol. The average Bonchev–Trinajstić information content (AvgIpc) is 2.75. The molecule has 2 aliphatic rings. The van der Waals surface area contributed by atoms with E-state index in [2.05, 4.69) is 0 Å². The van der Waals surface area contributed by atoms with Gasteiger partial charge in [-0.25, -0.2) is 0 Å². The first kappa shape index (κ1) is 16.6. The van der Waals surface area contributed by atoms with Crippen molar-refractivity contribution in [2.45, 2.75) is 63.9 Å². The average molecular weight is 310 g/mol. The Hall–Kier alpha value is -1.72. The first-order valence-electron chi connectivity index (χ1n) is 7.93. The molecule has 0 amide bonds. The molecule has 6 nitrogen and oxygen atoms in total. The van der Waals surface area contributed by atoms with Crippen molar-refractivity contribution in [1.82, 2.24) is 0 Å². The summed E-state index contributed by atoms with van der Waals surface area (Å²) in [5, 5.41) is 8.53. The summed E-state index contributed by atoms with van der Waals surface area (Å²) in [6.07, 6.45) is 3.44. The third kappa shape index (κ3) is 4.39. The van der Waals surface area contributed by atoms with E-state index in [0.717, 1.165) is 0 Å². The van der Waals surface area contributed by atoms with Crippen LogP contribution in [0.4, 0.5) is 0 Å². The predicted octanol–water partition coefficient (Wildman–Crippen LogP) is 1.89. The van der Waals surface area contributed by atoms with Crippen molar-refractivity contribution in [3.8, 4) is 0 Å². The van der Waals surface area contributed by atoms with Gasteiger partial charge in [-0.05, 0) is 25.7 Å². The lowest BCUT2D eigenvalue weighted by atomic mass is 9.85. The Bertz CT molecular complexity index is 469. The maximum absolute atomic E-state index is 12.0. The molecule has 0 unspecified atom stereocenters. The fourth-order valence-corrected chi connectivity index (χ4v) is 3.44. The van der Waals surface area contributed by atoms with Gasteiger partial charge in [0.2, 0.25) is 0 Å². The summed E-state index contributed by atoms with van der Waals surface area (Å²) in [5.74, 6) is -0.991. The molecule has 0 radical (unpaired) electrons. The quantitative estimate of drug-likeness (QED) is 0.543. The number of carbonyl (C=O) groups is 4. The fourth-order valence-electron chi connectivity index (χ4n) is 3.44. The van der Waals surface area contributed by atoms with Crippen LogP contribution in [0.15, 0.2) is 0 Å². The molecule has 1 aliphatic carbocycles. The van der Waals surface area contributed by atoms with Crippen molar-refractivity contribution < 1.29 is 29.0 Å². The minimum Gasteiger partial charge on any atom is -0.481 e. The number of hydrogen-bond donors (Lipinski definition) is 1. The molecule has 2 fully saturated rings. The Labute approximate surface area is 129 Å². The van der Waals surface area contributed by atoms with Crippen LogP contribution in [-0.4, -0.2) is 34.7 Å². The van der Waals surface area contributed by atoms with E-state index in [1.807, 2.05) is 0 Å². The fraction of sp³-hybridized carbons (Fsp3) is 0.750. The van der Waals surface area contributed by atoms with Gasteiger partial charge in [0.25, 0.3) is 0 Å². The molecule has 0 aromatic rings. The number of Topliss-reactive ketones (excluding diaryl/α,β-unsaturated/α-hetero) is 2. The molecule has 1 N–H and O–H groups in total. The predicted molar refractivity (Wildman–Crippen MR) is 76.1 cm³/mol. The summed E-state index contributed by atoms with van der Waals surface area (Å²) in [5.41, 5.74) is 0. The largest absolute Gasteiger partial charge is 0.481 e. The third-order valence-electron chi connectivity index (χ3n) is 4.61. The summed E-state index contributed by atoms with van der Waals surface area (Å²) < 4.78 is 5.22. The minimum atomic E-state index is -0.845. The van der Waals surface area contributed by atoms with E-state index in [9.17, 15) is 19.2 Å². The highest BCUT2D eigenvalue weighted by atomic mass is 16.5. The summed E-state index contributed by atoms with van der Waals surface area (Å²) in [4.78, 5) is 45.5. The molecule has 1 aliphatic heterocycles. The van der Waals surface area contributed by atoms with Crippen LogP contribution in [0.5, 0.6) is 0 Å². The zero-order valence-corrected chi connectivity index (χ0v) is 12.6. The topological polar surface area (TPSA) is 97.7 Å². The van der Waals surface area contributed by atoms with Gasteiger partial charge in [-0.1, -0.05) is 0 Å². The zero-order chi connectivity index (χ0) is 16.1. The smallest absolute Gasteiger partial charge is 0.306 e. The zero-order valence-electron chi connectivity index (χ0n) is 12.6. The second-order valence-corrected chi connectivity index (χ2v) is 6.19. The number of rotatable bonds is 8. The Morgan fingerprint density at radius 1 is 1.14 bits per heavy atom. The summed E-state index contributed by atoms with van der Waals surface area (Å²) in [7, 11) is 0. The maximum Gasteiger partial charge on any atom is 0.306 e. The first-order chi connectivity index (χ1) is 10.5. The van der Waals surface area contributed by atoms with Crippen LogP contribution < -0.4 is 0 Å². The second kappa shape index (κ2) is 7.51. The molecule has 22 heavy (non-hydrogen) atoms. The molecule has 3 atom stereocenters. The maximum atomic E-state index is 12.0. The van der Waals surface area contributed by atoms with E-state index in [1.54, 1.807) is 0 Å². The summed E-state index contributed by atoms with van der Waals surface area (Å²) >= 11 is 0. The van der Waals surface area contributed by atoms with Crippen LogP contribution in [-0.2, 0) is 23.9 Å². The lowest BCUT2D eigenvalue weighted by molar-refractivity contribution is -0.157.